The molecular weight excluding hydrogens is 178 g/mol. The lowest BCUT2D eigenvalue weighted by atomic mass is 9.76. The summed E-state index contributed by atoms with van der Waals surface area (Å²) in [6.07, 6.45) is 3.03. The predicted molar refractivity (Wildman–Crippen MR) is 53.0 cm³/mol. The van der Waals surface area contributed by atoms with Crippen LogP contribution in [0.5, 0.6) is 0 Å². The Balaban J connectivity index is 2.47. The van der Waals surface area contributed by atoms with Crippen LogP contribution in [0.1, 0.15) is 41.9 Å². The molecule has 0 amide bonds. The van der Waals surface area contributed by atoms with E-state index in [1.165, 1.54) is 0 Å². The van der Waals surface area contributed by atoms with Crippen molar-refractivity contribution in [1.82, 2.24) is 0 Å². The zero-order valence-electron chi connectivity index (χ0n) is 8.59. The number of ketones is 1. The minimum Gasteiger partial charge on any atom is -0.468 e. The van der Waals surface area contributed by atoms with Gasteiger partial charge in [0.25, 0.3) is 0 Å². The molecule has 3 nitrogen and oxygen atoms in total. The third-order valence-corrected chi connectivity index (χ3v) is 2.72. The van der Waals surface area contributed by atoms with Gasteiger partial charge in [-0.2, -0.15) is 0 Å². The van der Waals surface area contributed by atoms with Gasteiger partial charge in [0.1, 0.15) is 5.76 Å². The molecular formula is C11H15NO2. The summed E-state index contributed by atoms with van der Waals surface area (Å²) in [5, 5.41) is 0. The highest BCUT2D eigenvalue weighted by Gasteiger charge is 2.34. The molecule has 76 valence electrons. The first-order valence-electron chi connectivity index (χ1n) is 4.86. The molecule has 0 saturated carbocycles. The van der Waals surface area contributed by atoms with Crippen molar-refractivity contribution in [2.75, 3.05) is 0 Å². The second-order valence-corrected chi connectivity index (χ2v) is 4.70. The Kier molecular flexibility index (Phi) is 2.00. The van der Waals surface area contributed by atoms with Crippen molar-refractivity contribution in [2.45, 2.75) is 33.2 Å². The maximum Gasteiger partial charge on any atom is 0.167 e. The number of furan rings is 1. The molecule has 0 atom stereocenters. The molecule has 2 N–H and O–H groups in total. The van der Waals surface area contributed by atoms with Gasteiger partial charge in [-0.05, 0) is 5.41 Å². The fourth-order valence-electron chi connectivity index (χ4n) is 2.07. The second-order valence-electron chi connectivity index (χ2n) is 4.70. The van der Waals surface area contributed by atoms with E-state index in [9.17, 15) is 4.79 Å². The maximum absolute atomic E-state index is 11.8. The first kappa shape index (κ1) is 9.46. The van der Waals surface area contributed by atoms with Gasteiger partial charge in [0.05, 0.1) is 11.8 Å². The van der Waals surface area contributed by atoms with E-state index in [0.29, 0.717) is 13.0 Å². The van der Waals surface area contributed by atoms with Crippen LogP contribution in [-0.2, 0) is 13.0 Å². The van der Waals surface area contributed by atoms with E-state index in [4.69, 9.17) is 10.2 Å². The third kappa shape index (κ3) is 1.38. The number of nitrogens with two attached hydrogens (primary N) is 1. The first-order chi connectivity index (χ1) is 6.53. The van der Waals surface area contributed by atoms with E-state index in [0.717, 1.165) is 23.3 Å². The summed E-state index contributed by atoms with van der Waals surface area (Å²) in [7, 11) is 0. The molecule has 2 rings (SSSR count). The number of hydrogen-bond donors (Lipinski definition) is 1. The fourth-order valence-corrected chi connectivity index (χ4v) is 2.07. The van der Waals surface area contributed by atoms with Gasteiger partial charge < -0.3 is 10.2 Å². The Morgan fingerprint density at radius 1 is 1.50 bits per heavy atom. The zero-order valence-corrected chi connectivity index (χ0v) is 8.59. The molecule has 0 bridgehead atoms. The van der Waals surface area contributed by atoms with Gasteiger partial charge in [-0.25, -0.2) is 0 Å². The largest absolute Gasteiger partial charge is 0.468 e. The average molecular weight is 193 g/mol. The van der Waals surface area contributed by atoms with E-state index in [1.807, 2.05) is 0 Å². The fraction of sp³-hybridized carbons (Fsp3) is 0.545. The molecule has 0 aliphatic heterocycles. The van der Waals surface area contributed by atoms with Gasteiger partial charge in [0, 0.05) is 24.9 Å². The highest BCUT2D eigenvalue weighted by molar-refractivity contribution is 5.99. The van der Waals surface area contributed by atoms with Crippen molar-refractivity contribution in [1.29, 1.82) is 0 Å². The topological polar surface area (TPSA) is 56.2 Å². The molecule has 1 aliphatic carbocycles. The van der Waals surface area contributed by atoms with E-state index in [-0.39, 0.29) is 11.2 Å². The van der Waals surface area contributed by atoms with Crippen LogP contribution in [0.25, 0.3) is 0 Å². The zero-order chi connectivity index (χ0) is 10.3. The molecule has 0 unspecified atom stereocenters. The van der Waals surface area contributed by atoms with Crippen LogP contribution in [0.15, 0.2) is 10.7 Å². The molecule has 0 radical (unpaired) electrons. The summed E-state index contributed by atoms with van der Waals surface area (Å²) in [5.41, 5.74) is 7.15. The van der Waals surface area contributed by atoms with Crippen LogP contribution >= 0.6 is 0 Å². The first-order valence-corrected chi connectivity index (χ1v) is 4.86. The SMILES string of the molecule is CC1(C)CC(=O)c2c(CN)coc2C1. The lowest BCUT2D eigenvalue weighted by Gasteiger charge is -2.27. The van der Waals surface area contributed by atoms with Gasteiger partial charge in [-0.3, -0.25) is 4.79 Å². The van der Waals surface area contributed by atoms with Crippen molar-refractivity contribution in [2.24, 2.45) is 11.1 Å². The average Bonchev–Trinajstić information content (AvgIpc) is 2.44. The Labute approximate surface area is 83.3 Å². The van der Waals surface area contributed by atoms with Crippen molar-refractivity contribution in [3.8, 4) is 0 Å². The van der Waals surface area contributed by atoms with Gasteiger partial charge in [0.15, 0.2) is 5.78 Å². The minimum absolute atomic E-state index is 0.0216. The Bertz CT molecular complexity index is 377. The Morgan fingerprint density at radius 2 is 2.21 bits per heavy atom. The van der Waals surface area contributed by atoms with Gasteiger partial charge in [-0.15, -0.1) is 0 Å². The Hall–Kier alpha value is -1.09. The second kappa shape index (κ2) is 2.95. The van der Waals surface area contributed by atoms with Crippen LogP contribution in [0.4, 0.5) is 0 Å². The van der Waals surface area contributed by atoms with Gasteiger partial charge >= 0.3 is 0 Å². The van der Waals surface area contributed by atoms with E-state index < -0.39 is 0 Å². The smallest absolute Gasteiger partial charge is 0.167 e. The molecule has 0 fully saturated rings. The number of Topliss-reactive ketones (excluding diaryl/α,β-unsaturated/α-hetero) is 1. The molecule has 1 heterocycles. The normalized spacial score (nSPS) is 19.5. The number of carbonyl (C=O) groups excluding carboxylic acids is 1. The van der Waals surface area contributed by atoms with Crippen LogP contribution in [0.3, 0.4) is 0 Å². The quantitative estimate of drug-likeness (QED) is 0.741. The number of rotatable bonds is 1. The lowest BCUT2D eigenvalue weighted by molar-refractivity contribution is 0.0903. The van der Waals surface area contributed by atoms with Crippen LogP contribution in [-0.4, -0.2) is 5.78 Å². The summed E-state index contributed by atoms with van der Waals surface area (Å²) in [4.78, 5) is 11.8. The molecule has 3 heteroatoms. The maximum atomic E-state index is 11.8. The molecule has 1 aliphatic rings. The standard InChI is InChI=1S/C11H15NO2/c1-11(2)3-8(13)10-7(5-12)6-14-9(10)4-11/h6H,3-5,12H2,1-2H3. The van der Waals surface area contributed by atoms with Crippen LogP contribution in [0, 0.1) is 5.41 Å². The summed E-state index contributed by atoms with van der Waals surface area (Å²) in [6.45, 7) is 4.54. The summed E-state index contributed by atoms with van der Waals surface area (Å²) >= 11 is 0. The number of carbonyl (C=O) groups is 1. The molecule has 0 spiro atoms. The van der Waals surface area contributed by atoms with Gasteiger partial charge in [0.2, 0.25) is 0 Å². The van der Waals surface area contributed by atoms with E-state index >= 15 is 0 Å². The van der Waals surface area contributed by atoms with Crippen molar-refractivity contribution in [3.63, 3.8) is 0 Å². The lowest BCUT2D eigenvalue weighted by Crippen LogP contribution is -2.26. The monoisotopic (exact) mass is 193 g/mol. The van der Waals surface area contributed by atoms with Crippen molar-refractivity contribution >= 4 is 5.78 Å². The van der Waals surface area contributed by atoms with Crippen LogP contribution in [0.2, 0.25) is 0 Å². The minimum atomic E-state index is 0.0216. The number of hydrogen-bond acceptors (Lipinski definition) is 3. The third-order valence-electron chi connectivity index (χ3n) is 2.72. The summed E-state index contributed by atoms with van der Waals surface area (Å²) in [6, 6.07) is 0. The summed E-state index contributed by atoms with van der Waals surface area (Å²) < 4.78 is 5.38. The number of fused-ring (bicyclic) bond motifs is 1. The molecule has 0 saturated heterocycles. The molecule has 1 aromatic heterocycles. The van der Waals surface area contributed by atoms with Crippen LogP contribution < -0.4 is 5.73 Å². The van der Waals surface area contributed by atoms with Crippen molar-refractivity contribution < 1.29 is 9.21 Å². The predicted octanol–water partition coefficient (Wildman–Crippen LogP) is 1.89. The van der Waals surface area contributed by atoms with Gasteiger partial charge in [-0.1, -0.05) is 13.8 Å². The van der Waals surface area contributed by atoms with E-state index in [2.05, 4.69) is 13.8 Å². The van der Waals surface area contributed by atoms with Crippen molar-refractivity contribution in [3.05, 3.63) is 23.2 Å². The van der Waals surface area contributed by atoms with E-state index in [1.54, 1.807) is 6.26 Å². The highest BCUT2D eigenvalue weighted by Crippen LogP contribution is 2.36. The molecule has 14 heavy (non-hydrogen) atoms. The highest BCUT2D eigenvalue weighted by atomic mass is 16.3. The Morgan fingerprint density at radius 3 is 2.86 bits per heavy atom. The molecule has 1 aromatic rings. The summed E-state index contributed by atoms with van der Waals surface area (Å²) in [5.74, 6) is 0.983. The molecule has 0 aromatic carbocycles.